The quantitative estimate of drug-likeness (QED) is 0.693. The molecule has 1 saturated heterocycles. The van der Waals surface area contributed by atoms with Gasteiger partial charge in [0.2, 0.25) is 0 Å². The van der Waals surface area contributed by atoms with E-state index in [4.69, 9.17) is 9.84 Å². The Morgan fingerprint density at radius 2 is 1.85 bits per heavy atom. The third kappa shape index (κ3) is 4.46. The van der Waals surface area contributed by atoms with Gasteiger partial charge in [0.1, 0.15) is 12.2 Å². The maximum atomic E-state index is 13.1. The maximum absolute atomic E-state index is 13.1. The van der Waals surface area contributed by atoms with E-state index < -0.39 is 59.8 Å². The molecule has 3 N–H and O–H groups in total. The summed E-state index contributed by atoms with van der Waals surface area (Å²) >= 11 is 0. The summed E-state index contributed by atoms with van der Waals surface area (Å²) in [5.74, 6) is -1.28. The van der Waals surface area contributed by atoms with Crippen LogP contribution < -0.4 is 5.32 Å². The summed E-state index contributed by atoms with van der Waals surface area (Å²) < 4.78 is 82.3. The molecule has 1 aromatic rings. The standard InChI is InChI=1S/C15H15F6NO4/c16-14(17,18)7-1-2-8(9(5-7)15(19,20)21)13(25)22-10-3-4-26-11(6-23)12(10)24/h1-2,5,10-12,23-24H,3-4,6H2,(H,22,25)/t10-,11+,12-/m0/s1. The number of aliphatic hydroxyl groups excluding tert-OH is 2. The van der Waals surface area contributed by atoms with E-state index in [1.165, 1.54) is 0 Å². The van der Waals surface area contributed by atoms with E-state index in [-0.39, 0.29) is 19.1 Å². The zero-order valence-corrected chi connectivity index (χ0v) is 13.1. The SMILES string of the molecule is O=C(N[C@H]1CCO[C@H](CO)[C@H]1O)c1ccc(C(F)(F)F)cc1C(F)(F)F. The van der Waals surface area contributed by atoms with E-state index in [0.717, 1.165) is 0 Å². The minimum atomic E-state index is -5.18. The van der Waals surface area contributed by atoms with Crippen molar-refractivity contribution in [2.75, 3.05) is 13.2 Å². The van der Waals surface area contributed by atoms with Gasteiger partial charge in [-0.05, 0) is 24.6 Å². The predicted octanol–water partition coefficient (Wildman–Crippen LogP) is 1.96. The summed E-state index contributed by atoms with van der Waals surface area (Å²) in [6.45, 7) is -0.534. The number of alkyl halides is 6. The number of amides is 1. The molecule has 2 rings (SSSR count). The summed E-state index contributed by atoms with van der Waals surface area (Å²) in [7, 11) is 0. The number of carbonyl (C=O) groups is 1. The average molecular weight is 387 g/mol. The Labute approximate surface area is 143 Å². The fourth-order valence-electron chi connectivity index (χ4n) is 2.59. The summed E-state index contributed by atoms with van der Waals surface area (Å²) in [6, 6.07) is -0.333. The summed E-state index contributed by atoms with van der Waals surface area (Å²) in [5, 5.41) is 21.1. The van der Waals surface area contributed by atoms with Crippen LogP contribution in [0, 0.1) is 0 Å². The third-order valence-corrected chi connectivity index (χ3v) is 3.95. The Morgan fingerprint density at radius 1 is 1.19 bits per heavy atom. The first-order chi connectivity index (χ1) is 11.9. The molecule has 1 amide bonds. The van der Waals surface area contributed by atoms with E-state index >= 15 is 0 Å². The van der Waals surface area contributed by atoms with Gasteiger partial charge in [-0.15, -0.1) is 0 Å². The van der Waals surface area contributed by atoms with Crippen molar-refractivity contribution in [3.8, 4) is 0 Å². The second kappa shape index (κ2) is 7.41. The van der Waals surface area contributed by atoms with Gasteiger partial charge in [0.15, 0.2) is 0 Å². The van der Waals surface area contributed by atoms with Crippen LogP contribution in [0.1, 0.15) is 27.9 Å². The number of carbonyl (C=O) groups excluding carboxylic acids is 1. The van der Waals surface area contributed by atoms with Gasteiger partial charge in [0.25, 0.3) is 5.91 Å². The molecule has 11 heteroatoms. The topological polar surface area (TPSA) is 78.8 Å². The molecule has 1 fully saturated rings. The van der Waals surface area contributed by atoms with Gasteiger partial charge in [-0.3, -0.25) is 4.79 Å². The van der Waals surface area contributed by atoms with Crippen molar-refractivity contribution in [3.63, 3.8) is 0 Å². The summed E-state index contributed by atoms with van der Waals surface area (Å²) in [4.78, 5) is 12.2. The van der Waals surface area contributed by atoms with Gasteiger partial charge in [-0.2, -0.15) is 26.3 Å². The first kappa shape index (κ1) is 20.5. The number of halogens is 6. The highest BCUT2D eigenvalue weighted by molar-refractivity contribution is 5.96. The van der Waals surface area contributed by atoms with Crippen molar-refractivity contribution in [1.82, 2.24) is 5.32 Å². The highest BCUT2D eigenvalue weighted by Gasteiger charge is 2.40. The van der Waals surface area contributed by atoms with Gasteiger partial charge in [0, 0.05) is 6.61 Å². The van der Waals surface area contributed by atoms with Crippen molar-refractivity contribution in [3.05, 3.63) is 34.9 Å². The van der Waals surface area contributed by atoms with E-state index in [9.17, 15) is 36.2 Å². The van der Waals surface area contributed by atoms with Crippen LogP contribution in [0.3, 0.4) is 0 Å². The normalized spacial score (nSPS) is 24.4. The van der Waals surface area contributed by atoms with Crippen LogP contribution in [0.4, 0.5) is 26.3 Å². The van der Waals surface area contributed by atoms with Gasteiger partial charge in [0.05, 0.1) is 29.3 Å². The number of nitrogens with one attached hydrogen (secondary N) is 1. The van der Waals surface area contributed by atoms with Gasteiger partial charge in [-0.25, -0.2) is 0 Å². The first-order valence-corrected chi connectivity index (χ1v) is 7.45. The molecule has 0 saturated carbocycles. The minimum absolute atomic E-state index is 0.0341. The molecule has 1 aliphatic heterocycles. The van der Waals surface area contributed by atoms with Crippen molar-refractivity contribution >= 4 is 5.91 Å². The van der Waals surface area contributed by atoms with Crippen LogP contribution in [0.2, 0.25) is 0 Å². The minimum Gasteiger partial charge on any atom is -0.394 e. The first-order valence-electron chi connectivity index (χ1n) is 7.45. The Morgan fingerprint density at radius 3 is 2.38 bits per heavy atom. The Bertz CT molecular complexity index is 661. The lowest BCUT2D eigenvalue weighted by Crippen LogP contribution is -2.54. The number of hydrogen-bond acceptors (Lipinski definition) is 4. The van der Waals surface area contributed by atoms with E-state index in [1.807, 2.05) is 0 Å². The molecular weight excluding hydrogens is 372 g/mol. The van der Waals surface area contributed by atoms with Gasteiger partial charge < -0.3 is 20.3 Å². The molecule has 0 aromatic heterocycles. The summed E-state index contributed by atoms with van der Waals surface area (Å²) in [5.41, 5.74) is -4.26. The molecule has 0 aliphatic carbocycles. The maximum Gasteiger partial charge on any atom is 0.417 e. The molecule has 3 atom stereocenters. The van der Waals surface area contributed by atoms with Crippen molar-refractivity contribution in [2.24, 2.45) is 0 Å². The zero-order valence-electron chi connectivity index (χ0n) is 13.1. The van der Waals surface area contributed by atoms with E-state index in [0.29, 0.717) is 12.1 Å². The molecule has 146 valence electrons. The largest absolute Gasteiger partial charge is 0.417 e. The molecule has 0 unspecified atom stereocenters. The molecule has 0 bridgehead atoms. The van der Waals surface area contributed by atoms with Crippen LogP contribution in [-0.4, -0.2) is 47.6 Å². The highest BCUT2D eigenvalue weighted by Crippen LogP contribution is 2.37. The fourth-order valence-corrected chi connectivity index (χ4v) is 2.59. The van der Waals surface area contributed by atoms with Crippen molar-refractivity contribution in [1.29, 1.82) is 0 Å². The Kier molecular flexibility index (Phi) is 5.83. The van der Waals surface area contributed by atoms with Crippen LogP contribution >= 0.6 is 0 Å². The van der Waals surface area contributed by atoms with Crippen LogP contribution in [0.15, 0.2) is 18.2 Å². The van der Waals surface area contributed by atoms with Gasteiger partial charge >= 0.3 is 12.4 Å². The molecule has 26 heavy (non-hydrogen) atoms. The average Bonchev–Trinajstić information content (AvgIpc) is 2.54. The fraction of sp³-hybridized carbons (Fsp3) is 0.533. The van der Waals surface area contributed by atoms with Crippen LogP contribution in [0.5, 0.6) is 0 Å². The van der Waals surface area contributed by atoms with Crippen molar-refractivity contribution < 1.29 is 46.1 Å². The van der Waals surface area contributed by atoms with Crippen molar-refractivity contribution in [2.45, 2.75) is 37.0 Å². The summed E-state index contributed by atoms with van der Waals surface area (Å²) in [6.07, 6.45) is -12.5. The lowest BCUT2D eigenvalue weighted by Gasteiger charge is -2.34. The number of hydrogen-bond donors (Lipinski definition) is 3. The molecule has 1 aromatic carbocycles. The predicted molar refractivity (Wildman–Crippen MR) is 75.1 cm³/mol. The lowest BCUT2D eigenvalue weighted by atomic mass is 9.98. The number of rotatable bonds is 3. The molecular formula is C15H15F6NO4. The smallest absolute Gasteiger partial charge is 0.394 e. The number of ether oxygens (including phenoxy) is 1. The molecule has 1 aliphatic rings. The van der Waals surface area contributed by atoms with E-state index in [2.05, 4.69) is 5.32 Å². The highest BCUT2D eigenvalue weighted by atomic mass is 19.4. The van der Waals surface area contributed by atoms with E-state index in [1.54, 1.807) is 0 Å². The Balaban J connectivity index is 2.31. The molecule has 0 radical (unpaired) electrons. The monoisotopic (exact) mass is 387 g/mol. The van der Waals surface area contributed by atoms with Crippen LogP contribution in [-0.2, 0) is 17.1 Å². The number of aliphatic hydroxyl groups is 2. The van der Waals surface area contributed by atoms with Crippen LogP contribution in [0.25, 0.3) is 0 Å². The second-order valence-electron chi connectivity index (χ2n) is 5.71. The zero-order chi connectivity index (χ0) is 19.7. The van der Waals surface area contributed by atoms with Gasteiger partial charge in [-0.1, -0.05) is 0 Å². The molecule has 0 spiro atoms. The lowest BCUT2D eigenvalue weighted by molar-refractivity contribution is -0.143. The second-order valence-corrected chi connectivity index (χ2v) is 5.71. The third-order valence-electron chi connectivity index (χ3n) is 3.95. The molecule has 1 heterocycles. The Hall–Kier alpha value is -1.85. The molecule has 5 nitrogen and oxygen atoms in total. The number of benzene rings is 1.